The average molecular weight is 495 g/mol. The Morgan fingerprint density at radius 3 is 2.24 bits per heavy atom. The van der Waals surface area contributed by atoms with E-state index >= 15 is 0 Å². The van der Waals surface area contributed by atoms with E-state index in [1.54, 1.807) is 6.07 Å². The van der Waals surface area contributed by atoms with Crippen LogP contribution in [0.3, 0.4) is 0 Å². The first-order valence-electron chi connectivity index (χ1n) is 11.0. The van der Waals surface area contributed by atoms with Crippen molar-refractivity contribution in [2.45, 2.75) is 49.3 Å². The number of fused-ring (bicyclic) bond motifs is 3. The number of amides is 2. The van der Waals surface area contributed by atoms with Crippen molar-refractivity contribution in [1.82, 2.24) is 10.6 Å². The van der Waals surface area contributed by atoms with E-state index in [4.69, 9.17) is 21.1 Å². The minimum atomic E-state index is -0.861. The monoisotopic (exact) mass is 494 g/mol. The summed E-state index contributed by atoms with van der Waals surface area (Å²) < 4.78 is 37.5. The highest BCUT2D eigenvalue weighted by Gasteiger charge is 2.55. The van der Waals surface area contributed by atoms with Gasteiger partial charge in [-0.05, 0) is 56.4 Å². The molecule has 3 N–H and O–H groups in total. The summed E-state index contributed by atoms with van der Waals surface area (Å²) in [7, 11) is 0. The summed E-state index contributed by atoms with van der Waals surface area (Å²) in [5.41, 5.74) is -1.40. The van der Waals surface area contributed by atoms with Crippen molar-refractivity contribution in [1.29, 1.82) is 0 Å². The molecule has 0 unspecified atom stereocenters. The highest BCUT2D eigenvalue weighted by Crippen LogP contribution is 2.47. The number of aliphatic hydroxyl groups is 1. The van der Waals surface area contributed by atoms with Gasteiger partial charge >= 0.3 is 0 Å². The van der Waals surface area contributed by atoms with Gasteiger partial charge < -0.3 is 25.2 Å². The van der Waals surface area contributed by atoms with Gasteiger partial charge in [-0.25, -0.2) is 8.78 Å². The molecular weight excluding hydrogens is 470 g/mol. The molecular formula is C24H25ClF2N2O5. The Kier molecular flexibility index (Phi) is 6.95. The molecule has 0 saturated heterocycles. The second kappa shape index (κ2) is 9.76. The Morgan fingerprint density at radius 1 is 0.971 bits per heavy atom. The third kappa shape index (κ3) is 5.42. The van der Waals surface area contributed by atoms with E-state index in [9.17, 15) is 23.5 Å². The van der Waals surface area contributed by atoms with Gasteiger partial charge in [0.25, 0.3) is 11.8 Å². The van der Waals surface area contributed by atoms with E-state index in [1.165, 1.54) is 30.3 Å². The Morgan fingerprint density at radius 2 is 1.62 bits per heavy atom. The second-order valence-electron chi connectivity index (χ2n) is 8.86. The van der Waals surface area contributed by atoms with Crippen LogP contribution in [0, 0.1) is 11.6 Å². The number of rotatable bonds is 8. The molecule has 182 valence electrons. The zero-order valence-corrected chi connectivity index (χ0v) is 19.0. The topological polar surface area (TPSA) is 96.9 Å². The van der Waals surface area contributed by atoms with Crippen LogP contribution in [-0.2, 0) is 9.59 Å². The first kappa shape index (κ1) is 24.2. The van der Waals surface area contributed by atoms with Crippen molar-refractivity contribution in [2.75, 3.05) is 13.2 Å². The summed E-state index contributed by atoms with van der Waals surface area (Å²) in [6, 6.07) is 9.42. The lowest BCUT2D eigenvalue weighted by molar-refractivity contribution is -0.137. The molecule has 3 aliphatic rings. The summed E-state index contributed by atoms with van der Waals surface area (Å²) in [5, 5.41) is 16.6. The Hall–Kier alpha value is -2.91. The maximum absolute atomic E-state index is 13.5. The lowest BCUT2D eigenvalue weighted by Crippen LogP contribution is -2.70. The number of nitrogens with one attached hydrogen (secondary N) is 2. The number of hydrogen-bond donors (Lipinski definition) is 3. The van der Waals surface area contributed by atoms with E-state index in [2.05, 4.69) is 10.6 Å². The van der Waals surface area contributed by atoms with Gasteiger partial charge in [-0.15, -0.1) is 0 Å². The molecule has 3 aliphatic carbocycles. The predicted molar refractivity (Wildman–Crippen MR) is 120 cm³/mol. The fourth-order valence-electron chi connectivity index (χ4n) is 4.73. The van der Waals surface area contributed by atoms with Crippen molar-refractivity contribution < 1.29 is 33.0 Å². The van der Waals surface area contributed by atoms with Gasteiger partial charge in [0.15, 0.2) is 13.2 Å². The Balaban J connectivity index is 1.28. The van der Waals surface area contributed by atoms with Crippen molar-refractivity contribution in [2.24, 2.45) is 0 Å². The molecule has 34 heavy (non-hydrogen) atoms. The van der Waals surface area contributed by atoms with E-state index in [0.717, 1.165) is 6.07 Å². The van der Waals surface area contributed by atoms with Crippen LogP contribution in [0.1, 0.15) is 32.1 Å². The summed E-state index contributed by atoms with van der Waals surface area (Å²) in [6.45, 7) is -0.610. The maximum Gasteiger partial charge on any atom is 0.258 e. The van der Waals surface area contributed by atoms with Crippen molar-refractivity contribution >= 4 is 23.4 Å². The van der Waals surface area contributed by atoms with Crippen molar-refractivity contribution in [3.8, 4) is 11.5 Å². The van der Waals surface area contributed by atoms with E-state index in [0.29, 0.717) is 25.7 Å². The molecule has 3 fully saturated rings. The third-order valence-corrected chi connectivity index (χ3v) is 6.85. The first-order chi connectivity index (χ1) is 16.2. The molecule has 7 nitrogen and oxygen atoms in total. The number of hydrogen-bond acceptors (Lipinski definition) is 5. The smallest absolute Gasteiger partial charge is 0.258 e. The zero-order chi connectivity index (χ0) is 24.3. The second-order valence-corrected chi connectivity index (χ2v) is 9.27. The standard InChI is InChI=1S/C24H25ClF2N2O5/c25-18-5-4-17(11-19(18)27)34-13-21(31)28-23-6-8-24(9-7-23,20(30)12-23)29-22(32)14-33-16-3-1-2-15(26)10-16/h1-5,10-11,20,30H,6-9,12-14H2,(H,28,31)(H,29,32)/t20-,23?,24?/m0/s1. The molecule has 2 amide bonds. The predicted octanol–water partition coefficient (Wildman–Crippen LogP) is 3.12. The van der Waals surface area contributed by atoms with Gasteiger partial charge in [0.05, 0.1) is 16.7 Å². The fraction of sp³-hybridized carbons (Fsp3) is 0.417. The average Bonchev–Trinajstić information content (AvgIpc) is 2.80. The molecule has 0 heterocycles. The first-order valence-corrected chi connectivity index (χ1v) is 11.3. The largest absolute Gasteiger partial charge is 0.484 e. The molecule has 0 radical (unpaired) electrons. The van der Waals surface area contributed by atoms with Crippen LogP contribution in [0.25, 0.3) is 0 Å². The van der Waals surface area contributed by atoms with E-state index in [-0.39, 0.29) is 42.1 Å². The summed E-state index contributed by atoms with van der Waals surface area (Å²) in [5.74, 6) is -1.47. The summed E-state index contributed by atoms with van der Waals surface area (Å²) >= 11 is 5.64. The lowest BCUT2D eigenvalue weighted by atomic mass is 9.60. The van der Waals surface area contributed by atoms with Crippen LogP contribution in [-0.4, -0.2) is 47.3 Å². The van der Waals surface area contributed by atoms with Crippen LogP contribution in [0.5, 0.6) is 11.5 Å². The zero-order valence-electron chi connectivity index (χ0n) is 18.3. The maximum atomic E-state index is 13.5. The van der Waals surface area contributed by atoms with E-state index < -0.39 is 34.7 Å². The van der Waals surface area contributed by atoms with Crippen molar-refractivity contribution in [3.05, 3.63) is 59.1 Å². The minimum absolute atomic E-state index is 0.0369. The molecule has 2 aromatic rings. The highest BCUT2D eigenvalue weighted by molar-refractivity contribution is 6.30. The van der Waals surface area contributed by atoms with Gasteiger partial charge in [0, 0.05) is 17.7 Å². The molecule has 0 aliphatic heterocycles. The molecule has 0 aromatic heterocycles. The number of carbonyl (C=O) groups is 2. The number of carbonyl (C=O) groups excluding carboxylic acids is 2. The number of halogens is 3. The molecule has 0 spiro atoms. The number of benzene rings is 2. The number of aliphatic hydroxyl groups excluding tert-OH is 1. The highest BCUT2D eigenvalue weighted by atomic mass is 35.5. The third-order valence-electron chi connectivity index (χ3n) is 6.54. The Labute approximate surface area is 200 Å². The van der Waals surface area contributed by atoms with Gasteiger partial charge in [-0.3, -0.25) is 9.59 Å². The summed E-state index contributed by atoms with van der Waals surface area (Å²) in [6.07, 6.45) is 1.50. The van der Waals surface area contributed by atoms with Crippen LogP contribution in [0.15, 0.2) is 42.5 Å². The Bertz CT molecular complexity index is 1080. The minimum Gasteiger partial charge on any atom is -0.484 e. The molecule has 1 atom stereocenters. The van der Waals surface area contributed by atoms with Gasteiger partial charge in [0.1, 0.15) is 23.1 Å². The lowest BCUT2D eigenvalue weighted by Gasteiger charge is -2.56. The molecule has 10 heteroatoms. The quantitative estimate of drug-likeness (QED) is 0.524. The van der Waals surface area contributed by atoms with Crippen molar-refractivity contribution in [3.63, 3.8) is 0 Å². The normalized spacial score (nSPS) is 25.5. The van der Waals surface area contributed by atoms with E-state index in [1.807, 2.05) is 0 Å². The molecule has 5 rings (SSSR count). The van der Waals surface area contributed by atoms with Gasteiger partial charge in [-0.1, -0.05) is 17.7 Å². The van der Waals surface area contributed by atoms with Crippen LogP contribution >= 0.6 is 11.6 Å². The molecule has 3 saturated carbocycles. The molecule has 2 bridgehead atoms. The summed E-state index contributed by atoms with van der Waals surface area (Å²) in [4.78, 5) is 24.9. The SMILES string of the molecule is O=C(COc1ccc(Cl)c(F)c1)NC12CCC(NC(=O)COc3cccc(F)c3)(CC1)[C@@H](O)C2. The van der Waals surface area contributed by atoms with Gasteiger partial charge in [0.2, 0.25) is 0 Å². The van der Waals surface area contributed by atoms with Crippen LogP contribution in [0.2, 0.25) is 5.02 Å². The molecule has 2 aromatic carbocycles. The number of ether oxygens (including phenoxy) is 2. The van der Waals surface area contributed by atoms with Crippen LogP contribution in [0.4, 0.5) is 8.78 Å². The fourth-order valence-corrected chi connectivity index (χ4v) is 4.85. The van der Waals surface area contributed by atoms with Crippen LogP contribution < -0.4 is 20.1 Å². The van der Waals surface area contributed by atoms with Gasteiger partial charge in [-0.2, -0.15) is 0 Å².